The van der Waals surface area contributed by atoms with E-state index in [2.05, 4.69) is 25.6 Å². The lowest BCUT2D eigenvalue weighted by molar-refractivity contribution is -0.121. The Morgan fingerprint density at radius 3 is 2.92 bits per heavy atom. The maximum atomic E-state index is 12.7. The van der Waals surface area contributed by atoms with Gasteiger partial charge in [0, 0.05) is 25.5 Å². The molecule has 0 radical (unpaired) electrons. The molecule has 3 rings (SSSR count). The second-order valence-electron chi connectivity index (χ2n) is 5.84. The molecule has 1 unspecified atom stereocenters. The SMILES string of the molecule is CNc1nc(C)cc(C(=O)NC2CCCN(c3cccnc3)C2=O)n1. The van der Waals surface area contributed by atoms with Crippen molar-refractivity contribution in [3.8, 4) is 0 Å². The fraction of sp³-hybridized carbons (Fsp3) is 0.353. The standard InChI is InChI=1S/C17H20N6O2/c1-11-9-14(22-17(18-2)20-11)15(24)21-13-6-4-8-23(16(13)25)12-5-3-7-19-10-12/h3,5,7,9-10,13H,4,6,8H2,1-2H3,(H,21,24)(H,18,20,22). The number of piperidine rings is 1. The van der Waals surface area contributed by atoms with E-state index in [9.17, 15) is 9.59 Å². The molecule has 8 nitrogen and oxygen atoms in total. The van der Waals surface area contributed by atoms with Crippen LogP contribution in [0.5, 0.6) is 0 Å². The zero-order valence-electron chi connectivity index (χ0n) is 14.2. The first-order chi connectivity index (χ1) is 12.1. The Morgan fingerprint density at radius 1 is 1.36 bits per heavy atom. The van der Waals surface area contributed by atoms with Crippen LogP contribution in [0.4, 0.5) is 11.6 Å². The number of amides is 2. The monoisotopic (exact) mass is 340 g/mol. The van der Waals surface area contributed by atoms with Crippen molar-refractivity contribution in [2.45, 2.75) is 25.8 Å². The maximum absolute atomic E-state index is 12.7. The Kier molecular flexibility index (Phi) is 4.87. The van der Waals surface area contributed by atoms with Crippen LogP contribution in [0.2, 0.25) is 0 Å². The Morgan fingerprint density at radius 2 is 2.20 bits per heavy atom. The number of pyridine rings is 1. The predicted octanol–water partition coefficient (Wildman–Crippen LogP) is 1.15. The van der Waals surface area contributed by atoms with Crippen molar-refractivity contribution in [3.63, 3.8) is 0 Å². The average molecular weight is 340 g/mol. The van der Waals surface area contributed by atoms with Gasteiger partial charge in [0.25, 0.3) is 5.91 Å². The lowest BCUT2D eigenvalue weighted by Crippen LogP contribution is -2.52. The number of hydrogen-bond donors (Lipinski definition) is 2. The van der Waals surface area contributed by atoms with Crippen molar-refractivity contribution in [1.29, 1.82) is 0 Å². The van der Waals surface area contributed by atoms with Gasteiger partial charge in [-0.05, 0) is 38.0 Å². The number of nitrogens with one attached hydrogen (secondary N) is 2. The minimum Gasteiger partial charge on any atom is -0.357 e. The van der Waals surface area contributed by atoms with Gasteiger partial charge in [-0.25, -0.2) is 9.97 Å². The second kappa shape index (κ2) is 7.25. The van der Waals surface area contributed by atoms with Crippen LogP contribution in [0.25, 0.3) is 0 Å². The van der Waals surface area contributed by atoms with Crippen LogP contribution >= 0.6 is 0 Å². The van der Waals surface area contributed by atoms with Crippen LogP contribution in [0.1, 0.15) is 29.0 Å². The highest BCUT2D eigenvalue weighted by molar-refractivity contribution is 6.02. The van der Waals surface area contributed by atoms with Gasteiger partial charge in [0.2, 0.25) is 11.9 Å². The molecule has 25 heavy (non-hydrogen) atoms. The minimum absolute atomic E-state index is 0.132. The third-order valence-corrected chi connectivity index (χ3v) is 4.01. The van der Waals surface area contributed by atoms with Gasteiger partial charge < -0.3 is 15.5 Å². The van der Waals surface area contributed by atoms with Gasteiger partial charge in [0.05, 0.1) is 11.9 Å². The normalized spacial score (nSPS) is 17.3. The molecule has 1 saturated heterocycles. The summed E-state index contributed by atoms with van der Waals surface area (Å²) in [6, 6.07) is 4.65. The number of carbonyl (C=O) groups is 2. The molecule has 0 bridgehead atoms. The smallest absolute Gasteiger partial charge is 0.270 e. The van der Waals surface area contributed by atoms with Crippen LogP contribution in [0.3, 0.4) is 0 Å². The Balaban J connectivity index is 1.75. The first-order valence-electron chi connectivity index (χ1n) is 8.14. The van der Waals surface area contributed by atoms with E-state index >= 15 is 0 Å². The molecule has 2 amide bonds. The van der Waals surface area contributed by atoms with Crippen molar-refractivity contribution in [2.24, 2.45) is 0 Å². The lowest BCUT2D eigenvalue weighted by Gasteiger charge is -2.32. The minimum atomic E-state index is -0.574. The van der Waals surface area contributed by atoms with Crippen LogP contribution in [0, 0.1) is 6.92 Å². The molecule has 2 aromatic rings. The highest BCUT2D eigenvalue weighted by Crippen LogP contribution is 2.20. The molecule has 0 spiro atoms. The Labute approximate surface area is 145 Å². The first-order valence-corrected chi connectivity index (χ1v) is 8.14. The van der Waals surface area contributed by atoms with E-state index in [1.807, 2.05) is 6.07 Å². The second-order valence-corrected chi connectivity index (χ2v) is 5.84. The topological polar surface area (TPSA) is 100 Å². The number of aromatic nitrogens is 3. The predicted molar refractivity (Wildman–Crippen MR) is 93.4 cm³/mol. The van der Waals surface area contributed by atoms with Gasteiger partial charge in [0.1, 0.15) is 11.7 Å². The van der Waals surface area contributed by atoms with E-state index in [1.165, 1.54) is 0 Å². The number of anilines is 2. The molecule has 1 atom stereocenters. The molecule has 1 aliphatic rings. The van der Waals surface area contributed by atoms with E-state index in [4.69, 9.17) is 0 Å². The van der Waals surface area contributed by atoms with E-state index in [1.54, 1.807) is 43.4 Å². The third-order valence-electron chi connectivity index (χ3n) is 4.01. The van der Waals surface area contributed by atoms with E-state index < -0.39 is 6.04 Å². The third kappa shape index (κ3) is 3.73. The van der Waals surface area contributed by atoms with Crippen molar-refractivity contribution in [2.75, 3.05) is 23.8 Å². The van der Waals surface area contributed by atoms with Crippen LogP contribution in [0.15, 0.2) is 30.6 Å². The van der Waals surface area contributed by atoms with Crippen LogP contribution in [-0.4, -0.2) is 46.4 Å². The van der Waals surface area contributed by atoms with Crippen molar-refractivity contribution in [3.05, 3.63) is 42.0 Å². The number of aryl methyl sites for hydroxylation is 1. The molecule has 0 aliphatic carbocycles. The summed E-state index contributed by atoms with van der Waals surface area (Å²) in [5.74, 6) is -0.141. The van der Waals surface area contributed by atoms with E-state index in [-0.39, 0.29) is 17.5 Å². The summed E-state index contributed by atoms with van der Waals surface area (Å²) in [5, 5.41) is 5.61. The molecular weight excluding hydrogens is 320 g/mol. The number of rotatable bonds is 4. The molecule has 1 aliphatic heterocycles. The number of carbonyl (C=O) groups excluding carboxylic acids is 2. The van der Waals surface area contributed by atoms with Crippen molar-refractivity contribution in [1.82, 2.24) is 20.3 Å². The Hall–Kier alpha value is -3.03. The molecule has 2 aromatic heterocycles. The Bertz CT molecular complexity index is 780. The highest BCUT2D eigenvalue weighted by Gasteiger charge is 2.31. The summed E-state index contributed by atoms with van der Waals surface area (Å²) >= 11 is 0. The highest BCUT2D eigenvalue weighted by atomic mass is 16.2. The van der Waals surface area contributed by atoms with Gasteiger partial charge >= 0.3 is 0 Å². The van der Waals surface area contributed by atoms with Crippen molar-refractivity contribution < 1.29 is 9.59 Å². The summed E-state index contributed by atoms with van der Waals surface area (Å²) in [4.78, 5) is 39.3. The maximum Gasteiger partial charge on any atom is 0.270 e. The molecule has 0 aromatic carbocycles. The molecule has 0 saturated carbocycles. The molecule has 1 fully saturated rings. The summed E-state index contributed by atoms with van der Waals surface area (Å²) in [6.45, 7) is 2.41. The summed E-state index contributed by atoms with van der Waals surface area (Å²) < 4.78 is 0. The number of nitrogens with zero attached hydrogens (tertiary/aromatic N) is 4. The quantitative estimate of drug-likeness (QED) is 0.866. The van der Waals surface area contributed by atoms with Gasteiger partial charge in [-0.3, -0.25) is 14.6 Å². The molecule has 130 valence electrons. The fourth-order valence-corrected chi connectivity index (χ4v) is 2.81. The summed E-state index contributed by atoms with van der Waals surface area (Å²) in [6.07, 6.45) is 4.71. The zero-order chi connectivity index (χ0) is 17.8. The van der Waals surface area contributed by atoms with Gasteiger partial charge in [0.15, 0.2) is 0 Å². The average Bonchev–Trinajstić information content (AvgIpc) is 2.63. The van der Waals surface area contributed by atoms with E-state index in [0.29, 0.717) is 24.6 Å². The van der Waals surface area contributed by atoms with Gasteiger partial charge in [-0.15, -0.1) is 0 Å². The largest absolute Gasteiger partial charge is 0.357 e. The van der Waals surface area contributed by atoms with Gasteiger partial charge in [-0.2, -0.15) is 0 Å². The molecule has 2 N–H and O–H groups in total. The molecule has 3 heterocycles. The van der Waals surface area contributed by atoms with E-state index in [0.717, 1.165) is 12.1 Å². The summed E-state index contributed by atoms with van der Waals surface area (Å²) in [5.41, 5.74) is 1.65. The first kappa shape index (κ1) is 16.8. The lowest BCUT2D eigenvalue weighted by atomic mass is 10.0. The molecular formula is C17H20N6O2. The fourth-order valence-electron chi connectivity index (χ4n) is 2.81. The zero-order valence-corrected chi connectivity index (χ0v) is 14.2. The van der Waals surface area contributed by atoms with Crippen LogP contribution in [-0.2, 0) is 4.79 Å². The number of hydrogen-bond acceptors (Lipinski definition) is 6. The van der Waals surface area contributed by atoms with Gasteiger partial charge in [-0.1, -0.05) is 0 Å². The van der Waals surface area contributed by atoms with Crippen molar-refractivity contribution >= 4 is 23.5 Å². The van der Waals surface area contributed by atoms with Crippen LogP contribution < -0.4 is 15.5 Å². The summed E-state index contributed by atoms with van der Waals surface area (Å²) in [7, 11) is 1.69. The molecule has 8 heteroatoms.